The topological polar surface area (TPSA) is 67.6 Å². The minimum atomic E-state index is -0.222. The molecule has 0 amide bonds. The number of halogens is 1. The monoisotopic (exact) mass is 428 g/mol. The van der Waals surface area contributed by atoms with Crippen LogP contribution in [0.3, 0.4) is 0 Å². The van der Waals surface area contributed by atoms with Crippen molar-refractivity contribution in [2.45, 2.75) is 38.1 Å². The summed E-state index contributed by atoms with van der Waals surface area (Å²) < 4.78 is 24.3. The van der Waals surface area contributed by atoms with Gasteiger partial charge in [0.05, 0.1) is 6.61 Å². The van der Waals surface area contributed by atoms with E-state index in [0.29, 0.717) is 30.6 Å². The van der Waals surface area contributed by atoms with Crippen molar-refractivity contribution in [2.75, 3.05) is 31.3 Å². The summed E-state index contributed by atoms with van der Waals surface area (Å²) in [6.45, 7) is 3.12. The normalized spacial score (nSPS) is 19.5. The number of ether oxygens (including phenoxy) is 1. The largest absolute Gasteiger partial charge is 0.493 e. The summed E-state index contributed by atoms with van der Waals surface area (Å²) >= 11 is 1.81. The zero-order chi connectivity index (χ0) is 20.5. The molecule has 0 radical (unpaired) electrons. The first-order valence-electron chi connectivity index (χ1n) is 10.4. The summed E-state index contributed by atoms with van der Waals surface area (Å²) in [7, 11) is 0. The zero-order valence-corrected chi connectivity index (χ0v) is 17.8. The van der Waals surface area contributed by atoms with Crippen molar-refractivity contribution in [1.29, 1.82) is 0 Å². The Morgan fingerprint density at radius 2 is 2.23 bits per heavy atom. The molecule has 0 spiro atoms. The van der Waals surface area contributed by atoms with Crippen LogP contribution >= 0.6 is 11.9 Å². The quantitative estimate of drug-likeness (QED) is 0.622. The molecule has 3 aromatic rings. The molecule has 9 heteroatoms. The number of hydrogen-bond acceptors (Lipinski definition) is 7. The van der Waals surface area contributed by atoms with Gasteiger partial charge in [0, 0.05) is 48.9 Å². The second-order valence-electron chi connectivity index (χ2n) is 7.76. The average molecular weight is 429 g/mol. The van der Waals surface area contributed by atoms with Crippen molar-refractivity contribution in [3.8, 4) is 5.75 Å². The maximum Gasteiger partial charge on any atom is 0.210 e. The Morgan fingerprint density at radius 1 is 1.30 bits per heavy atom. The van der Waals surface area contributed by atoms with Crippen LogP contribution in [0.4, 0.5) is 10.3 Å². The molecular formula is C21H25FN6OS. The first-order chi connectivity index (χ1) is 14.7. The highest BCUT2D eigenvalue weighted by Crippen LogP contribution is 2.33. The molecular weight excluding hydrogens is 403 g/mol. The van der Waals surface area contributed by atoms with E-state index in [0.717, 1.165) is 61.3 Å². The summed E-state index contributed by atoms with van der Waals surface area (Å²) in [4.78, 5) is 4.66. The molecule has 7 nitrogen and oxygen atoms in total. The Balaban J connectivity index is 1.39. The molecule has 158 valence electrons. The summed E-state index contributed by atoms with van der Waals surface area (Å²) in [5, 5.41) is 11.8. The third-order valence-electron chi connectivity index (χ3n) is 6.11. The second kappa shape index (κ2) is 8.39. The van der Waals surface area contributed by atoms with E-state index in [-0.39, 0.29) is 5.82 Å². The highest BCUT2D eigenvalue weighted by Gasteiger charge is 2.23. The Bertz CT molecular complexity index is 1060. The summed E-state index contributed by atoms with van der Waals surface area (Å²) in [6, 6.07) is 3.17. The van der Waals surface area contributed by atoms with E-state index in [9.17, 15) is 4.39 Å². The van der Waals surface area contributed by atoms with Gasteiger partial charge in [-0.2, -0.15) is 0 Å². The molecule has 2 aromatic heterocycles. The minimum Gasteiger partial charge on any atom is -0.493 e. The Hall–Kier alpha value is -2.39. The number of anilines is 1. The number of aromatic nitrogens is 4. The van der Waals surface area contributed by atoms with Crippen molar-refractivity contribution in [1.82, 2.24) is 23.9 Å². The van der Waals surface area contributed by atoms with E-state index in [2.05, 4.69) is 31.1 Å². The molecule has 1 unspecified atom stereocenters. The van der Waals surface area contributed by atoms with Crippen molar-refractivity contribution in [3.05, 3.63) is 47.2 Å². The van der Waals surface area contributed by atoms with Gasteiger partial charge in [0.25, 0.3) is 0 Å². The lowest BCUT2D eigenvalue weighted by atomic mass is 9.94. The second-order valence-corrected chi connectivity index (χ2v) is 8.64. The van der Waals surface area contributed by atoms with Crippen LogP contribution in [0.5, 0.6) is 5.75 Å². The molecule has 0 aliphatic carbocycles. The lowest BCUT2D eigenvalue weighted by Crippen LogP contribution is -2.16. The van der Waals surface area contributed by atoms with E-state index < -0.39 is 0 Å². The van der Waals surface area contributed by atoms with E-state index in [1.807, 2.05) is 22.5 Å². The predicted molar refractivity (Wildman–Crippen MR) is 115 cm³/mol. The molecule has 1 N–H and O–H groups in total. The fourth-order valence-corrected chi connectivity index (χ4v) is 5.09. The first kappa shape index (κ1) is 19.6. The van der Waals surface area contributed by atoms with Crippen LogP contribution in [0.1, 0.15) is 41.9 Å². The Labute approximate surface area is 179 Å². The smallest absolute Gasteiger partial charge is 0.210 e. The standard InChI is InChI=1S/C21H25FN6OS/c1-30-27-8-2-3-14(6-9-27)16-11-23-21(28-13-25-26-20(16)28)24-12-17-15-7-10-29-19(15)5-4-18(17)22/h4-5,11,13-14H,2-3,6-10,12H2,1H3,(H,23,24). The highest BCUT2D eigenvalue weighted by atomic mass is 32.2. The molecule has 1 atom stereocenters. The average Bonchev–Trinajstić information content (AvgIpc) is 3.38. The highest BCUT2D eigenvalue weighted by molar-refractivity contribution is 7.96. The van der Waals surface area contributed by atoms with Gasteiger partial charge < -0.3 is 10.1 Å². The van der Waals surface area contributed by atoms with E-state index in [1.165, 1.54) is 6.07 Å². The van der Waals surface area contributed by atoms with Crippen molar-refractivity contribution < 1.29 is 9.13 Å². The molecule has 30 heavy (non-hydrogen) atoms. The van der Waals surface area contributed by atoms with Crippen molar-refractivity contribution in [3.63, 3.8) is 0 Å². The van der Waals surface area contributed by atoms with Gasteiger partial charge in [0.2, 0.25) is 5.95 Å². The fourth-order valence-electron chi connectivity index (χ4n) is 4.49. The molecule has 0 saturated carbocycles. The van der Waals surface area contributed by atoms with Gasteiger partial charge in [-0.25, -0.2) is 9.37 Å². The maximum absolute atomic E-state index is 14.5. The Morgan fingerprint density at radius 3 is 3.13 bits per heavy atom. The van der Waals surface area contributed by atoms with Crippen LogP contribution in [0.15, 0.2) is 24.7 Å². The first-order valence-corrected chi connectivity index (χ1v) is 11.6. The zero-order valence-electron chi connectivity index (χ0n) is 17.0. The number of nitrogens with zero attached hydrogens (tertiary/aromatic N) is 5. The van der Waals surface area contributed by atoms with Crippen molar-refractivity contribution >= 4 is 23.5 Å². The van der Waals surface area contributed by atoms with Crippen LogP contribution in [-0.2, 0) is 13.0 Å². The SMILES string of the molecule is CSN1CCCC(c2cnc(NCc3c(F)ccc4c3CCO4)n3cnnc23)CC1. The van der Waals surface area contributed by atoms with Crippen LogP contribution in [0, 0.1) is 5.82 Å². The predicted octanol–water partition coefficient (Wildman–Crippen LogP) is 3.66. The van der Waals surface area contributed by atoms with Crippen LogP contribution in [0.25, 0.3) is 5.65 Å². The summed E-state index contributed by atoms with van der Waals surface area (Å²) in [6.07, 6.45) is 9.82. The fraction of sp³-hybridized carbons (Fsp3) is 0.476. The molecule has 1 aromatic carbocycles. The molecule has 1 saturated heterocycles. The van der Waals surface area contributed by atoms with Gasteiger partial charge in [-0.3, -0.25) is 8.71 Å². The van der Waals surface area contributed by atoms with Crippen molar-refractivity contribution in [2.24, 2.45) is 0 Å². The number of hydrogen-bond donors (Lipinski definition) is 1. The van der Waals surface area contributed by atoms with Gasteiger partial charge >= 0.3 is 0 Å². The van der Waals surface area contributed by atoms with Gasteiger partial charge in [0.15, 0.2) is 5.65 Å². The molecule has 4 heterocycles. The van der Waals surface area contributed by atoms with E-state index >= 15 is 0 Å². The third kappa shape index (κ3) is 3.60. The summed E-state index contributed by atoms with van der Waals surface area (Å²) in [5.41, 5.74) is 3.55. The van der Waals surface area contributed by atoms with Gasteiger partial charge in [-0.05, 0) is 43.6 Å². The van der Waals surface area contributed by atoms with Crippen LogP contribution in [-0.4, -0.2) is 49.8 Å². The maximum atomic E-state index is 14.5. The molecule has 5 rings (SSSR count). The Kier molecular flexibility index (Phi) is 5.47. The molecule has 2 aliphatic heterocycles. The van der Waals surface area contributed by atoms with E-state index in [4.69, 9.17) is 4.74 Å². The molecule has 2 aliphatic rings. The lowest BCUT2D eigenvalue weighted by molar-refractivity contribution is 0.356. The molecule has 1 fully saturated rings. The van der Waals surface area contributed by atoms with Crippen LogP contribution in [0.2, 0.25) is 0 Å². The van der Waals surface area contributed by atoms with Gasteiger partial charge in [0.1, 0.15) is 17.9 Å². The number of benzene rings is 1. The lowest BCUT2D eigenvalue weighted by Gasteiger charge is -2.18. The number of fused-ring (bicyclic) bond motifs is 2. The van der Waals surface area contributed by atoms with Gasteiger partial charge in [-0.15, -0.1) is 10.2 Å². The number of nitrogens with one attached hydrogen (secondary N) is 1. The number of rotatable bonds is 5. The van der Waals surface area contributed by atoms with Gasteiger partial charge in [-0.1, -0.05) is 11.9 Å². The summed E-state index contributed by atoms with van der Waals surface area (Å²) in [5.74, 6) is 1.59. The van der Waals surface area contributed by atoms with Crippen LogP contribution < -0.4 is 10.1 Å². The molecule has 0 bridgehead atoms. The minimum absolute atomic E-state index is 0.222. The third-order valence-corrected chi connectivity index (χ3v) is 6.99. The van der Waals surface area contributed by atoms with E-state index in [1.54, 1.807) is 12.4 Å².